The van der Waals surface area contributed by atoms with Gasteiger partial charge in [-0.05, 0) is 12.2 Å². The van der Waals surface area contributed by atoms with Crippen LogP contribution in [0.15, 0.2) is 0 Å². The van der Waals surface area contributed by atoms with Gasteiger partial charge in [0.1, 0.15) is 6.29 Å². The molecule has 0 saturated carbocycles. The fraction of sp³-hybridized carbons (Fsp3) is 0.750. The first kappa shape index (κ1) is 10.7. The lowest BCUT2D eigenvalue weighted by Crippen LogP contribution is -2.16. The Morgan fingerprint density at radius 3 is 2.45 bits per heavy atom. The smallest absolute Gasteiger partial charge is 0.191 e. The predicted octanol–water partition coefficient (Wildman–Crippen LogP) is 1.74. The number of carbonyl (C=O) groups is 2. The van der Waals surface area contributed by atoms with Gasteiger partial charge in [0.05, 0.1) is 0 Å². The van der Waals surface area contributed by atoms with E-state index in [2.05, 4.69) is 0 Å². The molecule has 0 aromatic rings. The van der Waals surface area contributed by atoms with E-state index < -0.39 is 0 Å². The summed E-state index contributed by atoms with van der Waals surface area (Å²) in [7, 11) is 0. The molecule has 2 atom stereocenters. The minimum Gasteiger partial charge on any atom is -0.303 e. The lowest BCUT2D eigenvalue weighted by atomic mass is 9.95. The molecular weight excluding hydrogens is 160 g/mol. The van der Waals surface area contributed by atoms with Gasteiger partial charge in [-0.25, -0.2) is 0 Å². The van der Waals surface area contributed by atoms with Gasteiger partial charge < -0.3 is 4.79 Å². The zero-order valence-corrected chi connectivity index (χ0v) is 7.98. The fourth-order valence-corrected chi connectivity index (χ4v) is 1.38. The second-order valence-electron chi connectivity index (χ2n) is 2.69. The Morgan fingerprint density at radius 1 is 1.55 bits per heavy atom. The number of thioether (sulfide) groups is 1. The minimum absolute atomic E-state index is 0.00444. The molecule has 0 aliphatic heterocycles. The average molecular weight is 174 g/mol. The lowest BCUT2D eigenvalue weighted by molar-refractivity contribution is -0.115. The fourth-order valence-electron chi connectivity index (χ4n) is 0.774. The second kappa shape index (κ2) is 5.35. The maximum absolute atomic E-state index is 11.1. The highest BCUT2D eigenvalue weighted by atomic mass is 32.2. The van der Waals surface area contributed by atoms with Crippen LogP contribution >= 0.6 is 11.8 Å². The molecule has 3 heteroatoms. The molecular formula is C8H14O2S. The first-order chi connectivity index (χ1) is 5.13. The van der Waals surface area contributed by atoms with Crippen molar-refractivity contribution < 1.29 is 9.59 Å². The highest BCUT2D eigenvalue weighted by molar-refractivity contribution is 8.13. The third-order valence-electron chi connectivity index (χ3n) is 1.89. The van der Waals surface area contributed by atoms with Gasteiger partial charge in [0.15, 0.2) is 5.12 Å². The maximum atomic E-state index is 11.1. The molecule has 0 bridgehead atoms. The van der Waals surface area contributed by atoms with Crippen LogP contribution in [0.2, 0.25) is 0 Å². The van der Waals surface area contributed by atoms with E-state index in [1.807, 2.05) is 13.8 Å². The van der Waals surface area contributed by atoms with E-state index in [4.69, 9.17) is 0 Å². The topological polar surface area (TPSA) is 34.1 Å². The zero-order valence-electron chi connectivity index (χ0n) is 7.16. The van der Waals surface area contributed by atoms with Crippen LogP contribution in [0, 0.1) is 11.8 Å². The molecule has 0 aromatic carbocycles. The second-order valence-corrected chi connectivity index (χ2v) is 3.50. The number of carbonyl (C=O) groups excluding carboxylic acids is 2. The Bertz CT molecular complexity index is 145. The minimum atomic E-state index is -0.00444. The third-order valence-corrected chi connectivity index (χ3v) is 2.67. The molecule has 11 heavy (non-hydrogen) atoms. The van der Waals surface area contributed by atoms with Crippen molar-refractivity contribution in [2.24, 2.45) is 11.8 Å². The van der Waals surface area contributed by atoms with E-state index in [0.717, 1.165) is 6.29 Å². The molecule has 0 spiro atoms. The van der Waals surface area contributed by atoms with Crippen LogP contribution in [0.1, 0.15) is 20.3 Å². The van der Waals surface area contributed by atoms with Gasteiger partial charge in [-0.2, -0.15) is 0 Å². The summed E-state index contributed by atoms with van der Waals surface area (Å²) in [4.78, 5) is 21.2. The molecule has 0 amide bonds. The number of hydrogen-bond donors (Lipinski definition) is 0. The summed E-state index contributed by atoms with van der Waals surface area (Å²) in [6.07, 6.45) is 3.12. The van der Waals surface area contributed by atoms with Crippen molar-refractivity contribution in [1.82, 2.24) is 0 Å². The summed E-state index contributed by atoms with van der Waals surface area (Å²) >= 11 is 1.23. The standard InChI is InChI=1S/C8H14O2S/c1-6(4-5-9)7(2)8(10)11-3/h5-7H,4H2,1-3H3/t6-,7+/m0/s1. The van der Waals surface area contributed by atoms with Crippen LogP contribution in [0.3, 0.4) is 0 Å². The Kier molecular flexibility index (Phi) is 5.20. The largest absolute Gasteiger partial charge is 0.303 e. The molecule has 0 aliphatic rings. The Balaban J connectivity index is 3.89. The van der Waals surface area contributed by atoms with Crippen molar-refractivity contribution in [3.05, 3.63) is 0 Å². The molecule has 0 aromatic heterocycles. The van der Waals surface area contributed by atoms with E-state index >= 15 is 0 Å². The van der Waals surface area contributed by atoms with Gasteiger partial charge in [-0.15, -0.1) is 0 Å². The van der Waals surface area contributed by atoms with E-state index in [1.165, 1.54) is 11.8 Å². The average Bonchev–Trinajstić information content (AvgIpc) is 2.02. The summed E-state index contributed by atoms with van der Waals surface area (Å²) < 4.78 is 0. The number of aldehydes is 1. The first-order valence-corrected chi connectivity index (χ1v) is 4.87. The highest BCUT2D eigenvalue weighted by Gasteiger charge is 2.18. The molecule has 0 rings (SSSR count). The molecule has 0 aliphatic carbocycles. The van der Waals surface area contributed by atoms with Crippen molar-refractivity contribution in [1.29, 1.82) is 0 Å². The van der Waals surface area contributed by atoms with Gasteiger partial charge in [0, 0.05) is 12.3 Å². The summed E-state index contributed by atoms with van der Waals surface area (Å²) in [6.45, 7) is 3.79. The van der Waals surface area contributed by atoms with E-state index in [9.17, 15) is 9.59 Å². The van der Waals surface area contributed by atoms with Gasteiger partial charge in [0.2, 0.25) is 0 Å². The van der Waals surface area contributed by atoms with E-state index in [1.54, 1.807) is 6.26 Å². The first-order valence-electron chi connectivity index (χ1n) is 3.65. The molecule has 0 saturated heterocycles. The Morgan fingerprint density at radius 2 is 2.09 bits per heavy atom. The van der Waals surface area contributed by atoms with Crippen molar-refractivity contribution in [3.8, 4) is 0 Å². The van der Waals surface area contributed by atoms with Crippen LogP contribution in [-0.4, -0.2) is 17.7 Å². The van der Waals surface area contributed by atoms with Crippen LogP contribution in [0.25, 0.3) is 0 Å². The van der Waals surface area contributed by atoms with Crippen molar-refractivity contribution in [3.63, 3.8) is 0 Å². The number of hydrogen-bond acceptors (Lipinski definition) is 3. The molecule has 0 radical (unpaired) electrons. The molecule has 0 heterocycles. The van der Waals surface area contributed by atoms with Crippen LogP contribution < -0.4 is 0 Å². The molecule has 64 valence electrons. The Labute approximate surface area is 71.7 Å². The summed E-state index contributed by atoms with van der Waals surface area (Å²) in [5, 5.41) is 0.166. The predicted molar refractivity (Wildman–Crippen MR) is 47.5 cm³/mol. The third kappa shape index (κ3) is 3.56. The van der Waals surface area contributed by atoms with Crippen LogP contribution in [0.5, 0.6) is 0 Å². The van der Waals surface area contributed by atoms with E-state index in [-0.39, 0.29) is 17.0 Å². The lowest BCUT2D eigenvalue weighted by Gasteiger charge is -2.14. The van der Waals surface area contributed by atoms with Crippen LogP contribution in [-0.2, 0) is 9.59 Å². The summed E-state index contributed by atoms with van der Waals surface area (Å²) in [5.41, 5.74) is 0. The van der Waals surface area contributed by atoms with Crippen molar-refractivity contribution >= 4 is 23.2 Å². The van der Waals surface area contributed by atoms with Gasteiger partial charge >= 0.3 is 0 Å². The molecule has 0 N–H and O–H groups in total. The number of rotatable bonds is 4. The highest BCUT2D eigenvalue weighted by Crippen LogP contribution is 2.18. The van der Waals surface area contributed by atoms with Gasteiger partial charge in [-0.1, -0.05) is 25.6 Å². The zero-order chi connectivity index (χ0) is 8.85. The Hall–Kier alpha value is -0.310. The monoisotopic (exact) mass is 174 g/mol. The van der Waals surface area contributed by atoms with Gasteiger partial charge in [0.25, 0.3) is 0 Å². The molecule has 2 nitrogen and oxygen atoms in total. The van der Waals surface area contributed by atoms with Crippen LogP contribution in [0.4, 0.5) is 0 Å². The maximum Gasteiger partial charge on any atom is 0.191 e. The normalized spacial score (nSPS) is 15.5. The van der Waals surface area contributed by atoms with Gasteiger partial charge in [-0.3, -0.25) is 4.79 Å². The summed E-state index contributed by atoms with van der Waals surface area (Å²) in [5.74, 6) is 0.169. The quantitative estimate of drug-likeness (QED) is 0.609. The van der Waals surface area contributed by atoms with E-state index in [0.29, 0.717) is 6.42 Å². The summed E-state index contributed by atoms with van der Waals surface area (Å²) in [6, 6.07) is 0. The van der Waals surface area contributed by atoms with Crippen molar-refractivity contribution in [2.75, 3.05) is 6.26 Å². The SMILES string of the molecule is CSC(=O)[C@H](C)[C@@H](C)CC=O. The molecule has 0 fully saturated rings. The van der Waals surface area contributed by atoms with Crippen molar-refractivity contribution in [2.45, 2.75) is 20.3 Å². The molecule has 0 unspecified atom stereocenters.